The van der Waals surface area contributed by atoms with Crippen LogP contribution >= 0.6 is 0 Å². The summed E-state index contributed by atoms with van der Waals surface area (Å²) in [6.07, 6.45) is 2.02. The van der Waals surface area contributed by atoms with Gasteiger partial charge >= 0.3 is 0 Å². The zero-order valence-corrected chi connectivity index (χ0v) is 10.6. The lowest BCUT2D eigenvalue weighted by molar-refractivity contribution is 0.0210. The number of likely N-dealkylation sites (tertiary alicyclic amines) is 1. The van der Waals surface area contributed by atoms with Gasteiger partial charge in [-0.15, -0.1) is 0 Å². The molecule has 18 heavy (non-hydrogen) atoms. The van der Waals surface area contributed by atoms with Gasteiger partial charge in [-0.25, -0.2) is 8.78 Å². The van der Waals surface area contributed by atoms with E-state index in [-0.39, 0.29) is 0 Å². The lowest BCUT2D eigenvalue weighted by atomic mass is 9.87. The fourth-order valence-corrected chi connectivity index (χ4v) is 2.57. The van der Waals surface area contributed by atoms with E-state index in [1.165, 1.54) is 6.07 Å². The van der Waals surface area contributed by atoms with Gasteiger partial charge in [0.15, 0.2) is 11.6 Å². The van der Waals surface area contributed by atoms with Crippen LogP contribution in [0.3, 0.4) is 0 Å². The highest BCUT2D eigenvalue weighted by Crippen LogP contribution is 2.33. The summed E-state index contributed by atoms with van der Waals surface area (Å²) < 4.78 is 26.2. The van der Waals surface area contributed by atoms with Gasteiger partial charge in [-0.05, 0) is 50.0 Å². The summed E-state index contributed by atoms with van der Waals surface area (Å²) in [4.78, 5) is 2.26. The first kappa shape index (κ1) is 13.4. The first-order valence-electron chi connectivity index (χ1n) is 6.45. The number of nitrogens with zero attached hydrogens (tertiary/aromatic N) is 1. The lowest BCUT2D eigenvalue weighted by Gasteiger charge is -2.27. The molecule has 0 aromatic heterocycles. The van der Waals surface area contributed by atoms with Gasteiger partial charge in [0.05, 0.1) is 5.60 Å². The van der Waals surface area contributed by atoms with Crippen molar-refractivity contribution in [2.45, 2.75) is 31.8 Å². The SMILES string of the molecule is CCN1CCCC(O)(c2ccc(F)c(F)c2)CC1. The Morgan fingerprint density at radius 1 is 1.22 bits per heavy atom. The Labute approximate surface area is 106 Å². The molecule has 0 radical (unpaired) electrons. The van der Waals surface area contributed by atoms with Gasteiger partial charge in [-0.3, -0.25) is 0 Å². The van der Waals surface area contributed by atoms with Crippen LogP contribution in [0.2, 0.25) is 0 Å². The summed E-state index contributed by atoms with van der Waals surface area (Å²) in [5.74, 6) is -1.76. The Kier molecular flexibility index (Phi) is 3.97. The van der Waals surface area contributed by atoms with E-state index < -0.39 is 17.2 Å². The maximum atomic E-state index is 13.3. The molecule has 1 fully saturated rings. The van der Waals surface area contributed by atoms with E-state index in [0.29, 0.717) is 18.4 Å². The van der Waals surface area contributed by atoms with E-state index in [1.54, 1.807) is 0 Å². The van der Waals surface area contributed by atoms with E-state index in [2.05, 4.69) is 11.8 Å². The smallest absolute Gasteiger partial charge is 0.159 e. The van der Waals surface area contributed by atoms with Gasteiger partial charge in [0.2, 0.25) is 0 Å². The quantitative estimate of drug-likeness (QED) is 0.878. The molecular formula is C14H19F2NO. The Hall–Kier alpha value is -1.00. The molecule has 100 valence electrons. The van der Waals surface area contributed by atoms with E-state index >= 15 is 0 Å². The first-order valence-corrected chi connectivity index (χ1v) is 6.45. The van der Waals surface area contributed by atoms with Gasteiger partial charge in [-0.2, -0.15) is 0 Å². The topological polar surface area (TPSA) is 23.5 Å². The molecule has 1 atom stereocenters. The van der Waals surface area contributed by atoms with Crippen LogP contribution in [0.25, 0.3) is 0 Å². The normalized spacial score (nSPS) is 26.0. The van der Waals surface area contributed by atoms with Crippen molar-refractivity contribution in [3.05, 3.63) is 35.4 Å². The predicted octanol–water partition coefficient (Wildman–Crippen LogP) is 2.66. The van der Waals surface area contributed by atoms with E-state index in [0.717, 1.165) is 38.2 Å². The average molecular weight is 255 g/mol. The molecule has 1 aliphatic heterocycles. The molecule has 0 amide bonds. The summed E-state index contributed by atoms with van der Waals surface area (Å²) in [5, 5.41) is 10.6. The summed E-state index contributed by atoms with van der Waals surface area (Å²) >= 11 is 0. The van der Waals surface area contributed by atoms with Crippen molar-refractivity contribution in [1.29, 1.82) is 0 Å². The molecule has 4 heteroatoms. The average Bonchev–Trinajstić information content (AvgIpc) is 2.55. The Bertz CT molecular complexity index is 424. The van der Waals surface area contributed by atoms with Gasteiger partial charge in [0, 0.05) is 6.54 Å². The van der Waals surface area contributed by atoms with Gasteiger partial charge in [-0.1, -0.05) is 13.0 Å². The fraction of sp³-hybridized carbons (Fsp3) is 0.571. The van der Waals surface area contributed by atoms with Crippen LogP contribution in [-0.2, 0) is 5.60 Å². The van der Waals surface area contributed by atoms with Crippen LogP contribution in [0.4, 0.5) is 8.78 Å². The van der Waals surface area contributed by atoms with E-state index in [9.17, 15) is 13.9 Å². The Morgan fingerprint density at radius 2 is 2.00 bits per heavy atom. The number of benzene rings is 1. The second kappa shape index (κ2) is 5.33. The largest absolute Gasteiger partial charge is 0.385 e. The maximum absolute atomic E-state index is 13.3. The standard InChI is InChI=1S/C14H19F2NO/c1-2-17-8-3-6-14(18,7-9-17)11-4-5-12(15)13(16)10-11/h4-5,10,18H,2-3,6-9H2,1H3. The van der Waals surface area contributed by atoms with Crippen LogP contribution in [0.1, 0.15) is 31.7 Å². The molecule has 2 nitrogen and oxygen atoms in total. The zero-order valence-electron chi connectivity index (χ0n) is 10.6. The van der Waals surface area contributed by atoms with Crippen molar-refractivity contribution in [2.24, 2.45) is 0 Å². The molecule has 2 rings (SSSR count). The third-order valence-corrected chi connectivity index (χ3v) is 3.81. The second-order valence-electron chi connectivity index (χ2n) is 4.95. The van der Waals surface area contributed by atoms with Crippen molar-refractivity contribution in [2.75, 3.05) is 19.6 Å². The molecule has 0 aliphatic carbocycles. The summed E-state index contributed by atoms with van der Waals surface area (Å²) in [5.41, 5.74) is -0.544. The molecule has 1 aromatic carbocycles. The highest BCUT2D eigenvalue weighted by molar-refractivity contribution is 5.24. The minimum Gasteiger partial charge on any atom is -0.385 e. The molecule has 1 aliphatic rings. The minimum atomic E-state index is -1.03. The van der Waals surface area contributed by atoms with Gasteiger partial charge < -0.3 is 10.0 Å². The summed E-state index contributed by atoms with van der Waals surface area (Å²) in [6, 6.07) is 3.70. The zero-order chi connectivity index (χ0) is 13.2. The number of rotatable bonds is 2. The molecule has 1 unspecified atom stereocenters. The fourth-order valence-electron chi connectivity index (χ4n) is 2.57. The van der Waals surface area contributed by atoms with Crippen LogP contribution < -0.4 is 0 Å². The number of aliphatic hydroxyl groups is 1. The number of halogens is 2. The van der Waals surface area contributed by atoms with Crippen molar-refractivity contribution < 1.29 is 13.9 Å². The Morgan fingerprint density at radius 3 is 2.67 bits per heavy atom. The molecular weight excluding hydrogens is 236 g/mol. The summed E-state index contributed by atoms with van der Waals surface area (Å²) in [6.45, 7) is 4.77. The first-order chi connectivity index (χ1) is 8.55. The lowest BCUT2D eigenvalue weighted by Crippen LogP contribution is -2.29. The minimum absolute atomic E-state index is 0.486. The van der Waals surface area contributed by atoms with Crippen molar-refractivity contribution >= 4 is 0 Å². The second-order valence-corrected chi connectivity index (χ2v) is 4.95. The molecule has 1 heterocycles. The number of hydrogen-bond acceptors (Lipinski definition) is 2. The van der Waals surface area contributed by atoms with Gasteiger partial charge in [0.1, 0.15) is 0 Å². The molecule has 1 saturated heterocycles. The molecule has 0 bridgehead atoms. The third-order valence-electron chi connectivity index (χ3n) is 3.81. The maximum Gasteiger partial charge on any atom is 0.159 e. The monoisotopic (exact) mass is 255 g/mol. The molecule has 0 spiro atoms. The molecule has 1 aromatic rings. The van der Waals surface area contributed by atoms with E-state index in [4.69, 9.17) is 0 Å². The van der Waals surface area contributed by atoms with Crippen molar-refractivity contribution in [3.8, 4) is 0 Å². The summed E-state index contributed by atoms with van der Waals surface area (Å²) in [7, 11) is 0. The van der Waals surface area contributed by atoms with Crippen LogP contribution in [-0.4, -0.2) is 29.6 Å². The van der Waals surface area contributed by atoms with Gasteiger partial charge in [0.25, 0.3) is 0 Å². The Balaban J connectivity index is 2.21. The van der Waals surface area contributed by atoms with Crippen molar-refractivity contribution in [1.82, 2.24) is 4.90 Å². The van der Waals surface area contributed by atoms with Crippen LogP contribution in [0.5, 0.6) is 0 Å². The van der Waals surface area contributed by atoms with Crippen LogP contribution in [0, 0.1) is 11.6 Å². The highest BCUT2D eigenvalue weighted by Gasteiger charge is 2.32. The van der Waals surface area contributed by atoms with E-state index in [1.807, 2.05) is 0 Å². The predicted molar refractivity (Wildman–Crippen MR) is 66.2 cm³/mol. The third kappa shape index (κ3) is 2.70. The van der Waals surface area contributed by atoms with Crippen molar-refractivity contribution in [3.63, 3.8) is 0 Å². The number of hydrogen-bond donors (Lipinski definition) is 1. The van der Waals surface area contributed by atoms with Crippen LogP contribution in [0.15, 0.2) is 18.2 Å². The molecule has 0 saturated carbocycles. The highest BCUT2D eigenvalue weighted by atomic mass is 19.2. The molecule has 1 N–H and O–H groups in total.